The van der Waals surface area contributed by atoms with Crippen LogP contribution in [0, 0.1) is 17.3 Å². The maximum Gasteiger partial charge on any atom is 0.0221 e. The molecule has 0 aromatic heterocycles. The second-order valence-corrected chi connectivity index (χ2v) is 7.16. The maximum absolute atomic E-state index is 5.92. The average Bonchev–Trinajstić information content (AvgIpc) is 2.29. The third kappa shape index (κ3) is 4.74. The lowest BCUT2D eigenvalue weighted by Crippen LogP contribution is -2.44. The summed E-state index contributed by atoms with van der Waals surface area (Å²) in [5.41, 5.74) is 7.58. The van der Waals surface area contributed by atoms with Crippen molar-refractivity contribution in [3.8, 4) is 0 Å². The molecule has 3 N–H and O–H groups in total. The number of nitrogens with two attached hydrogens (primary N) is 1. The summed E-state index contributed by atoms with van der Waals surface area (Å²) in [4.78, 5) is 0. The van der Waals surface area contributed by atoms with E-state index >= 15 is 0 Å². The Morgan fingerprint density at radius 2 is 1.83 bits per heavy atom. The fourth-order valence-corrected chi connectivity index (χ4v) is 3.14. The van der Waals surface area contributed by atoms with E-state index in [1.807, 2.05) is 0 Å². The van der Waals surface area contributed by atoms with Crippen LogP contribution in [0.3, 0.4) is 0 Å². The van der Waals surface area contributed by atoms with Gasteiger partial charge in [0.25, 0.3) is 0 Å². The molecule has 0 radical (unpaired) electrons. The summed E-state index contributed by atoms with van der Waals surface area (Å²) < 4.78 is 0. The summed E-state index contributed by atoms with van der Waals surface area (Å²) >= 11 is 0. The Kier molecular flexibility index (Phi) is 5.87. The molecule has 1 fully saturated rings. The van der Waals surface area contributed by atoms with Crippen LogP contribution in [0.1, 0.15) is 53.4 Å². The molecule has 1 rings (SSSR count). The molecule has 1 aliphatic carbocycles. The smallest absolute Gasteiger partial charge is 0.0221 e. The highest BCUT2D eigenvalue weighted by Crippen LogP contribution is 2.40. The van der Waals surface area contributed by atoms with Crippen molar-refractivity contribution in [2.24, 2.45) is 23.0 Å². The normalized spacial score (nSPS) is 26.9. The lowest BCUT2D eigenvalue weighted by atomic mass is 9.68. The van der Waals surface area contributed by atoms with E-state index < -0.39 is 0 Å². The lowest BCUT2D eigenvalue weighted by Gasteiger charge is -2.39. The molecule has 0 amide bonds. The Balaban J connectivity index is 2.42. The van der Waals surface area contributed by atoms with E-state index in [0.717, 1.165) is 24.9 Å². The van der Waals surface area contributed by atoms with Crippen LogP contribution >= 0.6 is 0 Å². The molecule has 0 aromatic rings. The molecule has 2 heteroatoms. The van der Waals surface area contributed by atoms with Crippen molar-refractivity contribution in [2.45, 2.75) is 59.4 Å². The third-order valence-corrected chi connectivity index (χ3v) is 4.49. The van der Waals surface area contributed by atoms with Gasteiger partial charge in [-0.1, -0.05) is 32.9 Å². The number of rotatable bonds is 5. The Labute approximate surface area is 113 Å². The largest absolute Gasteiger partial charge is 0.329 e. The fourth-order valence-electron chi connectivity index (χ4n) is 3.14. The van der Waals surface area contributed by atoms with Gasteiger partial charge in [0.2, 0.25) is 0 Å². The Morgan fingerprint density at radius 1 is 1.28 bits per heavy atom. The molecule has 2 nitrogen and oxygen atoms in total. The van der Waals surface area contributed by atoms with Gasteiger partial charge in [-0.3, -0.25) is 0 Å². The Hall–Kier alpha value is -0.340. The monoisotopic (exact) mass is 252 g/mol. The minimum atomic E-state index is 0.467. The molecule has 0 saturated heterocycles. The van der Waals surface area contributed by atoms with Crippen LogP contribution in [0.4, 0.5) is 0 Å². The SMILES string of the molecule is C=C(C)CNC(CN)C1CCC(C(C)(C)C)CC1. The van der Waals surface area contributed by atoms with Gasteiger partial charge in [0.05, 0.1) is 0 Å². The van der Waals surface area contributed by atoms with Crippen LogP contribution in [0.25, 0.3) is 0 Å². The summed E-state index contributed by atoms with van der Waals surface area (Å²) in [5.74, 6) is 1.64. The maximum atomic E-state index is 5.92. The van der Waals surface area contributed by atoms with E-state index in [1.54, 1.807) is 0 Å². The van der Waals surface area contributed by atoms with Gasteiger partial charge in [0, 0.05) is 19.1 Å². The molecule has 0 spiro atoms. The molecule has 1 unspecified atom stereocenters. The van der Waals surface area contributed by atoms with Crippen LogP contribution in [0.2, 0.25) is 0 Å². The number of hydrogen-bond donors (Lipinski definition) is 2. The predicted molar refractivity (Wildman–Crippen MR) is 80.6 cm³/mol. The molecule has 0 bridgehead atoms. The third-order valence-electron chi connectivity index (χ3n) is 4.49. The van der Waals surface area contributed by atoms with Crippen molar-refractivity contribution in [3.05, 3.63) is 12.2 Å². The molecule has 106 valence electrons. The molecular weight excluding hydrogens is 220 g/mol. The van der Waals surface area contributed by atoms with E-state index in [4.69, 9.17) is 5.73 Å². The zero-order chi connectivity index (χ0) is 13.8. The Morgan fingerprint density at radius 3 is 2.22 bits per heavy atom. The summed E-state index contributed by atoms with van der Waals surface area (Å²) in [7, 11) is 0. The van der Waals surface area contributed by atoms with Gasteiger partial charge in [0.15, 0.2) is 0 Å². The van der Waals surface area contributed by atoms with Crippen LogP contribution in [-0.4, -0.2) is 19.1 Å². The first-order chi connectivity index (χ1) is 8.34. The van der Waals surface area contributed by atoms with Crippen molar-refractivity contribution in [1.29, 1.82) is 0 Å². The highest BCUT2D eigenvalue weighted by molar-refractivity contribution is 4.94. The van der Waals surface area contributed by atoms with Gasteiger partial charge in [0.1, 0.15) is 0 Å². The summed E-state index contributed by atoms with van der Waals surface area (Å²) in [6, 6.07) is 0.475. The van der Waals surface area contributed by atoms with Crippen LogP contribution in [0.5, 0.6) is 0 Å². The van der Waals surface area contributed by atoms with Crippen molar-refractivity contribution >= 4 is 0 Å². The van der Waals surface area contributed by atoms with Gasteiger partial charge in [-0.05, 0) is 49.9 Å². The minimum absolute atomic E-state index is 0.467. The van der Waals surface area contributed by atoms with Crippen molar-refractivity contribution in [1.82, 2.24) is 5.32 Å². The minimum Gasteiger partial charge on any atom is -0.329 e. The highest BCUT2D eigenvalue weighted by Gasteiger charge is 2.32. The molecule has 1 aliphatic rings. The molecule has 1 atom stereocenters. The fraction of sp³-hybridized carbons (Fsp3) is 0.875. The molecule has 0 aliphatic heterocycles. The van der Waals surface area contributed by atoms with E-state index in [1.165, 1.54) is 31.3 Å². The second-order valence-electron chi connectivity index (χ2n) is 7.16. The van der Waals surface area contributed by atoms with Crippen molar-refractivity contribution in [3.63, 3.8) is 0 Å². The molecule has 1 saturated carbocycles. The zero-order valence-corrected chi connectivity index (χ0v) is 12.8. The quantitative estimate of drug-likeness (QED) is 0.737. The standard InChI is InChI=1S/C16H32N2/c1-12(2)11-18-15(10-17)13-6-8-14(9-7-13)16(3,4)5/h13-15,18H,1,6-11,17H2,2-5H3. The average molecular weight is 252 g/mol. The number of hydrogen-bond acceptors (Lipinski definition) is 2. The molecule has 0 heterocycles. The van der Waals surface area contributed by atoms with Gasteiger partial charge < -0.3 is 11.1 Å². The van der Waals surface area contributed by atoms with Crippen molar-refractivity contribution in [2.75, 3.05) is 13.1 Å². The topological polar surface area (TPSA) is 38.0 Å². The Bertz CT molecular complexity index is 257. The highest BCUT2D eigenvalue weighted by atomic mass is 14.9. The summed E-state index contributed by atoms with van der Waals surface area (Å²) in [6.07, 6.45) is 5.37. The van der Waals surface area contributed by atoms with Gasteiger partial charge in [-0.2, -0.15) is 0 Å². The van der Waals surface area contributed by atoms with Gasteiger partial charge in [-0.15, -0.1) is 0 Å². The van der Waals surface area contributed by atoms with Crippen molar-refractivity contribution < 1.29 is 0 Å². The van der Waals surface area contributed by atoms with Crippen LogP contribution in [0.15, 0.2) is 12.2 Å². The zero-order valence-electron chi connectivity index (χ0n) is 12.8. The van der Waals surface area contributed by atoms with E-state index in [9.17, 15) is 0 Å². The van der Waals surface area contributed by atoms with E-state index in [2.05, 4.69) is 39.6 Å². The first kappa shape index (κ1) is 15.7. The molecule has 0 aromatic carbocycles. The summed E-state index contributed by atoms with van der Waals surface area (Å²) in [5, 5.41) is 3.57. The van der Waals surface area contributed by atoms with Crippen LogP contribution in [-0.2, 0) is 0 Å². The second kappa shape index (κ2) is 6.72. The van der Waals surface area contributed by atoms with Gasteiger partial charge in [-0.25, -0.2) is 0 Å². The first-order valence-electron chi connectivity index (χ1n) is 7.42. The molecule has 18 heavy (non-hydrogen) atoms. The number of nitrogens with one attached hydrogen (secondary N) is 1. The summed E-state index contributed by atoms with van der Waals surface area (Å²) in [6.45, 7) is 14.8. The van der Waals surface area contributed by atoms with Gasteiger partial charge >= 0.3 is 0 Å². The predicted octanol–water partition coefficient (Wildman–Crippen LogP) is 3.33. The molecular formula is C16H32N2. The van der Waals surface area contributed by atoms with Crippen LogP contribution < -0.4 is 11.1 Å². The van der Waals surface area contributed by atoms with E-state index in [0.29, 0.717) is 11.5 Å². The lowest BCUT2D eigenvalue weighted by molar-refractivity contribution is 0.134. The first-order valence-corrected chi connectivity index (χ1v) is 7.42. The van der Waals surface area contributed by atoms with E-state index in [-0.39, 0.29) is 0 Å².